The van der Waals surface area contributed by atoms with Gasteiger partial charge in [-0.15, -0.1) is 0 Å². The molecule has 1 atom stereocenters. The van der Waals surface area contributed by atoms with Gasteiger partial charge in [0.2, 0.25) is 0 Å². The summed E-state index contributed by atoms with van der Waals surface area (Å²) in [5.41, 5.74) is 0.702. The number of benzene rings is 1. The molecule has 0 spiro atoms. The van der Waals surface area contributed by atoms with Crippen molar-refractivity contribution in [2.45, 2.75) is 50.4 Å². The van der Waals surface area contributed by atoms with Gasteiger partial charge in [-0.3, -0.25) is 4.98 Å². The first-order chi connectivity index (χ1) is 17.7. The summed E-state index contributed by atoms with van der Waals surface area (Å²) in [4.78, 5) is 15.3. The van der Waals surface area contributed by atoms with E-state index in [1.807, 2.05) is 19.2 Å². The second kappa shape index (κ2) is 11.9. The zero-order valence-corrected chi connectivity index (χ0v) is 21.0. The lowest BCUT2D eigenvalue weighted by Gasteiger charge is -2.32. The van der Waals surface area contributed by atoms with Crippen LogP contribution in [0.4, 0.5) is 19.0 Å². The second-order valence-electron chi connectivity index (χ2n) is 9.32. The molecular weight excluding hydrogens is 483 g/mol. The lowest BCUT2D eigenvalue weighted by Crippen LogP contribution is -2.34. The third-order valence-corrected chi connectivity index (χ3v) is 6.52. The molecule has 0 radical (unpaired) electrons. The van der Waals surface area contributed by atoms with Crippen molar-refractivity contribution in [1.82, 2.24) is 20.3 Å². The number of aliphatic hydroxyl groups excluding tert-OH is 1. The lowest BCUT2D eigenvalue weighted by molar-refractivity contribution is -0.141. The molecule has 0 amide bonds. The molecule has 2 heterocycles. The van der Waals surface area contributed by atoms with Crippen molar-refractivity contribution in [2.75, 3.05) is 32.1 Å². The van der Waals surface area contributed by atoms with Gasteiger partial charge in [0.1, 0.15) is 30.0 Å². The number of pyridine rings is 1. The average Bonchev–Trinajstić information content (AvgIpc) is 2.91. The Balaban J connectivity index is 1.69. The smallest absolute Gasteiger partial charge is 0.433 e. The van der Waals surface area contributed by atoms with E-state index in [-0.39, 0.29) is 6.61 Å². The van der Waals surface area contributed by atoms with Crippen LogP contribution in [-0.4, -0.2) is 59.5 Å². The van der Waals surface area contributed by atoms with Crippen LogP contribution in [0.5, 0.6) is 5.75 Å². The van der Waals surface area contributed by atoms with Gasteiger partial charge in [-0.2, -0.15) is 13.2 Å². The van der Waals surface area contributed by atoms with Crippen LogP contribution in [0.1, 0.15) is 37.8 Å². The number of rotatable bonds is 9. The number of likely N-dealkylation sites (N-methyl/N-ethyl adjacent to an activating group) is 1. The van der Waals surface area contributed by atoms with Gasteiger partial charge in [-0.1, -0.05) is 31.4 Å². The highest BCUT2D eigenvalue weighted by molar-refractivity contribution is 5.68. The average molecular weight is 516 g/mol. The maximum Gasteiger partial charge on any atom is 0.433 e. The normalized spacial score (nSPS) is 15.4. The van der Waals surface area contributed by atoms with Crippen LogP contribution in [0, 0.1) is 0 Å². The molecule has 37 heavy (non-hydrogen) atoms. The van der Waals surface area contributed by atoms with E-state index in [1.165, 1.54) is 18.7 Å². The number of hydrogen-bond acceptors (Lipinski definition) is 7. The minimum Gasteiger partial charge on any atom is -0.491 e. The van der Waals surface area contributed by atoms with Gasteiger partial charge >= 0.3 is 6.18 Å². The summed E-state index contributed by atoms with van der Waals surface area (Å²) in [6.45, 7) is 0.529. The molecule has 0 bridgehead atoms. The van der Waals surface area contributed by atoms with Crippen LogP contribution < -0.4 is 15.0 Å². The number of aromatic nitrogens is 3. The molecule has 1 aliphatic carbocycles. The Morgan fingerprint density at radius 1 is 1.08 bits per heavy atom. The molecule has 1 saturated carbocycles. The number of ether oxygens (including phenoxy) is 1. The van der Waals surface area contributed by atoms with E-state index >= 15 is 0 Å². The second-order valence-corrected chi connectivity index (χ2v) is 9.32. The molecule has 10 heteroatoms. The fourth-order valence-electron chi connectivity index (χ4n) is 4.47. The summed E-state index contributed by atoms with van der Waals surface area (Å²) in [6, 6.07) is 11.7. The number of alkyl halides is 3. The van der Waals surface area contributed by atoms with Crippen LogP contribution in [0.15, 0.2) is 48.7 Å². The molecule has 7 nitrogen and oxygen atoms in total. The highest BCUT2D eigenvalue weighted by Gasteiger charge is 2.32. The molecule has 0 aliphatic heterocycles. The van der Waals surface area contributed by atoms with Crippen molar-refractivity contribution in [3.05, 3.63) is 54.4 Å². The number of nitrogens with zero attached hydrogens (tertiary/aromatic N) is 4. The largest absolute Gasteiger partial charge is 0.491 e. The molecule has 198 valence electrons. The van der Waals surface area contributed by atoms with E-state index in [1.54, 1.807) is 25.2 Å². The van der Waals surface area contributed by atoms with Gasteiger partial charge in [0.15, 0.2) is 5.82 Å². The van der Waals surface area contributed by atoms with Gasteiger partial charge < -0.3 is 20.1 Å². The molecule has 4 rings (SSSR count). The first kappa shape index (κ1) is 26.8. The maximum absolute atomic E-state index is 13.1. The first-order valence-corrected chi connectivity index (χ1v) is 12.5. The van der Waals surface area contributed by atoms with E-state index in [4.69, 9.17) is 9.72 Å². The molecule has 1 fully saturated rings. The van der Waals surface area contributed by atoms with E-state index in [2.05, 4.69) is 20.2 Å². The number of nitrogens with one attached hydrogen (secondary N) is 1. The van der Waals surface area contributed by atoms with Crippen molar-refractivity contribution < 1.29 is 23.0 Å². The monoisotopic (exact) mass is 515 g/mol. The predicted molar refractivity (Wildman–Crippen MR) is 136 cm³/mol. The van der Waals surface area contributed by atoms with Crippen LogP contribution >= 0.6 is 0 Å². The zero-order chi connectivity index (χ0) is 26.4. The fraction of sp³-hybridized carbons (Fsp3) is 0.444. The first-order valence-electron chi connectivity index (χ1n) is 12.5. The van der Waals surface area contributed by atoms with Gasteiger partial charge in [0, 0.05) is 43.0 Å². The highest BCUT2D eigenvalue weighted by Crippen LogP contribution is 2.32. The standard InChI is InChI=1S/C27H32F3N5O2/c1-31-16-21(36)17-37-22-10-6-7-18(13-22)26-33-23(19-11-12-24(32-15-19)27(28,29)30)14-25(34-26)35(2)20-8-4-3-5-9-20/h6-7,10-15,20-21,31,36H,3-5,8-9,16-17H2,1-2H3. The Kier molecular flexibility index (Phi) is 8.60. The molecule has 1 aromatic carbocycles. The number of aliphatic hydroxyl groups is 1. The Morgan fingerprint density at radius 3 is 2.54 bits per heavy atom. The number of anilines is 1. The van der Waals surface area contributed by atoms with E-state index in [0.717, 1.165) is 31.7 Å². The molecule has 1 unspecified atom stereocenters. The van der Waals surface area contributed by atoms with E-state index in [0.29, 0.717) is 46.8 Å². The third kappa shape index (κ3) is 6.95. The number of halogens is 3. The zero-order valence-electron chi connectivity index (χ0n) is 21.0. The van der Waals surface area contributed by atoms with Crippen molar-refractivity contribution in [1.29, 1.82) is 0 Å². The molecule has 0 saturated heterocycles. The van der Waals surface area contributed by atoms with E-state index < -0.39 is 18.0 Å². The van der Waals surface area contributed by atoms with Crippen molar-refractivity contribution >= 4 is 5.82 Å². The Labute approximate surface area is 214 Å². The summed E-state index contributed by atoms with van der Waals surface area (Å²) in [6.07, 6.45) is 1.68. The Bertz CT molecular complexity index is 1170. The maximum atomic E-state index is 13.1. The molecule has 1 aliphatic rings. The fourth-order valence-corrected chi connectivity index (χ4v) is 4.47. The quantitative estimate of drug-likeness (QED) is 0.417. The minimum atomic E-state index is -4.51. The Hall–Kier alpha value is -3.24. The molecule has 2 aromatic heterocycles. The van der Waals surface area contributed by atoms with Crippen LogP contribution in [0.3, 0.4) is 0 Å². The van der Waals surface area contributed by atoms with Crippen molar-refractivity contribution in [3.63, 3.8) is 0 Å². The van der Waals surface area contributed by atoms with Crippen molar-refractivity contribution in [2.24, 2.45) is 0 Å². The topological polar surface area (TPSA) is 83.4 Å². The van der Waals surface area contributed by atoms with Gasteiger partial charge in [0.05, 0.1) is 5.69 Å². The molecular formula is C27H32F3N5O2. The van der Waals surface area contributed by atoms with Crippen molar-refractivity contribution in [3.8, 4) is 28.4 Å². The van der Waals surface area contributed by atoms with E-state index in [9.17, 15) is 18.3 Å². The summed E-state index contributed by atoms with van der Waals surface area (Å²) in [5.74, 6) is 1.68. The molecule has 2 N–H and O–H groups in total. The van der Waals surface area contributed by atoms with Gasteiger partial charge in [-0.25, -0.2) is 9.97 Å². The van der Waals surface area contributed by atoms with Crippen LogP contribution in [0.25, 0.3) is 22.6 Å². The number of hydrogen-bond donors (Lipinski definition) is 2. The van der Waals surface area contributed by atoms with Gasteiger partial charge in [-0.05, 0) is 44.2 Å². The Morgan fingerprint density at radius 2 is 1.86 bits per heavy atom. The summed E-state index contributed by atoms with van der Waals surface area (Å²) >= 11 is 0. The predicted octanol–water partition coefficient (Wildman–Crippen LogP) is 4.95. The van der Waals surface area contributed by atoms with Crippen LogP contribution in [-0.2, 0) is 6.18 Å². The highest BCUT2D eigenvalue weighted by atomic mass is 19.4. The third-order valence-electron chi connectivity index (χ3n) is 6.52. The summed E-state index contributed by atoms with van der Waals surface area (Å²) in [5, 5.41) is 12.9. The lowest BCUT2D eigenvalue weighted by atomic mass is 9.94. The minimum absolute atomic E-state index is 0.123. The van der Waals surface area contributed by atoms with Crippen LogP contribution in [0.2, 0.25) is 0 Å². The SMILES string of the molecule is CNCC(O)COc1cccc(-c2nc(-c3ccc(C(F)(F)F)nc3)cc(N(C)C3CCCCC3)n2)c1. The van der Waals surface area contributed by atoms with Gasteiger partial charge in [0.25, 0.3) is 0 Å². The summed E-state index contributed by atoms with van der Waals surface area (Å²) in [7, 11) is 3.75. The summed E-state index contributed by atoms with van der Waals surface area (Å²) < 4.78 is 44.9. The molecule has 3 aromatic rings.